The minimum absolute atomic E-state index is 0.285. The molecule has 42 valence electrons. The fraction of sp³-hybridized carbons (Fsp3) is 1.00. The number of hydrogen-bond donors (Lipinski definition) is 0. The third kappa shape index (κ3) is 0.630. The van der Waals surface area contributed by atoms with Gasteiger partial charge in [0.15, 0.2) is 6.17 Å². The molecule has 0 aliphatic carbocycles. The summed E-state index contributed by atoms with van der Waals surface area (Å²) in [6, 6.07) is 0. The lowest BCUT2D eigenvalue weighted by molar-refractivity contribution is -0.187. The lowest BCUT2D eigenvalue weighted by Crippen LogP contribution is -2.50. The van der Waals surface area contributed by atoms with E-state index in [0.29, 0.717) is 0 Å². The molecule has 1 fully saturated rings. The number of ether oxygens (including phenoxy) is 1. The van der Waals surface area contributed by atoms with Gasteiger partial charge in [-0.2, -0.15) is 0 Å². The highest BCUT2D eigenvalue weighted by molar-refractivity contribution is 4.87. The average molecular weight is 104 g/mol. The minimum Gasteiger partial charge on any atom is -0.369 e. The summed E-state index contributed by atoms with van der Waals surface area (Å²) in [5.41, 5.74) is -0.486. The second kappa shape index (κ2) is 1.19. The van der Waals surface area contributed by atoms with Crippen LogP contribution in [0.1, 0.15) is 13.8 Å². The molecule has 7 heavy (non-hydrogen) atoms. The number of hydrogen-bond acceptors (Lipinski definition) is 1. The molecule has 1 rings (SSSR count). The minimum atomic E-state index is -0.743. The molecule has 0 saturated carbocycles. The quantitative estimate of drug-likeness (QED) is 0.447. The third-order valence-electron chi connectivity index (χ3n) is 1.36. The molecule has 0 aromatic rings. The number of halogens is 1. The van der Waals surface area contributed by atoms with Gasteiger partial charge in [-0.05, 0) is 13.8 Å². The Morgan fingerprint density at radius 2 is 2.14 bits per heavy atom. The fourth-order valence-electron chi connectivity index (χ4n) is 0.480. The van der Waals surface area contributed by atoms with Crippen molar-refractivity contribution in [2.45, 2.75) is 25.6 Å². The summed E-state index contributed by atoms with van der Waals surface area (Å²) in [7, 11) is 0. The van der Waals surface area contributed by atoms with E-state index in [1.807, 2.05) is 0 Å². The summed E-state index contributed by atoms with van der Waals surface area (Å²) < 4.78 is 17.0. The molecule has 1 saturated heterocycles. The van der Waals surface area contributed by atoms with Gasteiger partial charge in [-0.15, -0.1) is 0 Å². The fourth-order valence-corrected chi connectivity index (χ4v) is 0.480. The first-order valence-corrected chi connectivity index (χ1v) is 2.41. The van der Waals surface area contributed by atoms with Crippen molar-refractivity contribution in [3.05, 3.63) is 0 Å². The van der Waals surface area contributed by atoms with Crippen LogP contribution in [0.15, 0.2) is 0 Å². The second-order valence-electron chi connectivity index (χ2n) is 2.38. The van der Waals surface area contributed by atoms with E-state index in [0.717, 1.165) is 0 Å². The van der Waals surface area contributed by atoms with Crippen LogP contribution in [0.3, 0.4) is 0 Å². The molecular weight excluding hydrogens is 95.1 g/mol. The predicted octanol–water partition coefficient (Wildman–Crippen LogP) is 1.13. The summed E-state index contributed by atoms with van der Waals surface area (Å²) in [4.78, 5) is 0. The number of alkyl halides is 1. The molecule has 0 radical (unpaired) electrons. The predicted molar refractivity (Wildman–Crippen MR) is 24.9 cm³/mol. The van der Waals surface area contributed by atoms with Crippen LogP contribution in [0.4, 0.5) is 4.39 Å². The van der Waals surface area contributed by atoms with E-state index >= 15 is 0 Å². The van der Waals surface area contributed by atoms with Crippen molar-refractivity contribution in [2.75, 3.05) is 6.61 Å². The van der Waals surface area contributed by atoms with Gasteiger partial charge in [0.2, 0.25) is 0 Å². The van der Waals surface area contributed by atoms with Crippen molar-refractivity contribution < 1.29 is 9.13 Å². The summed E-state index contributed by atoms with van der Waals surface area (Å²) in [5.74, 6) is 0. The molecule has 1 nitrogen and oxygen atoms in total. The van der Waals surface area contributed by atoms with Gasteiger partial charge in [-0.3, -0.25) is 0 Å². The lowest BCUT2D eigenvalue weighted by Gasteiger charge is -2.38. The standard InChI is InChI=1S/C5H9FO/c1-5(2)4(6)3-7-5/h4H,3H2,1-2H3. The molecule has 1 atom stereocenters. The largest absolute Gasteiger partial charge is 0.369 e. The Kier molecular flexibility index (Phi) is 0.854. The maximum absolute atomic E-state index is 12.2. The van der Waals surface area contributed by atoms with Crippen molar-refractivity contribution in [3.8, 4) is 0 Å². The monoisotopic (exact) mass is 104 g/mol. The maximum Gasteiger partial charge on any atom is 0.152 e. The van der Waals surface area contributed by atoms with Gasteiger partial charge in [0.1, 0.15) is 0 Å². The Morgan fingerprint density at radius 1 is 1.71 bits per heavy atom. The van der Waals surface area contributed by atoms with E-state index in [-0.39, 0.29) is 6.61 Å². The van der Waals surface area contributed by atoms with Crippen LogP contribution in [0.5, 0.6) is 0 Å². The molecule has 1 aliphatic heterocycles. The van der Waals surface area contributed by atoms with Crippen molar-refractivity contribution in [2.24, 2.45) is 0 Å². The van der Waals surface area contributed by atoms with Gasteiger partial charge >= 0.3 is 0 Å². The van der Waals surface area contributed by atoms with E-state index in [1.165, 1.54) is 0 Å². The van der Waals surface area contributed by atoms with Crippen LogP contribution in [-0.4, -0.2) is 18.4 Å². The van der Waals surface area contributed by atoms with Crippen LogP contribution in [-0.2, 0) is 4.74 Å². The molecule has 1 heterocycles. The molecule has 0 bridgehead atoms. The first-order chi connectivity index (χ1) is 3.13. The Bertz CT molecular complexity index is 80.1. The van der Waals surface area contributed by atoms with Gasteiger partial charge in [-0.25, -0.2) is 4.39 Å². The molecule has 0 N–H and O–H groups in total. The highest BCUT2D eigenvalue weighted by atomic mass is 19.1. The van der Waals surface area contributed by atoms with E-state index in [1.54, 1.807) is 13.8 Å². The first-order valence-electron chi connectivity index (χ1n) is 2.41. The van der Waals surface area contributed by atoms with Gasteiger partial charge in [0, 0.05) is 0 Å². The van der Waals surface area contributed by atoms with E-state index in [4.69, 9.17) is 4.74 Å². The molecular formula is C5H9FO. The van der Waals surface area contributed by atoms with Crippen LogP contribution in [0.25, 0.3) is 0 Å². The van der Waals surface area contributed by atoms with Crippen LogP contribution in [0.2, 0.25) is 0 Å². The Morgan fingerprint density at radius 3 is 2.14 bits per heavy atom. The van der Waals surface area contributed by atoms with E-state index < -0.39 is 11.8 Å². The van der Waals surface area contributed by atoms with Crippen LogP contribution >= 0.6 is 0 Å². The lowest BCUT2D eigenvalue weighted by atomic mass is 9.98. The first kappa shape index (κ1) is 5.04. The van der Waals surface area contributed by atoms with Crippen molar-refractivity contribution in [3.63, 3.8) is 0 Å². The van der Waals surface area contributed by atoms with Crippen molar-refractivity contribution in [1.82, 2.24) is 0 Å². The molecule has 1 aliphatic rings. The molecule has 0 aromatic carbocycles. The zero-order valence-corrected chi connectivity index (χ0v) is 4.57. The summed E-state index contributed by atoms with van der Waals surface area (Å²) >= 11 is 0. The van der Waals surface area contributed by atoms with Crippen LogP contribution < -0.4 is 0 Å². The van der Waals surface area contributed by atoms with E-state index in [2.05, 4.69) is 0 Å². The van der Waals surface area contributed by atoms with Gasteiger partial charge in [-0.1, -0.05) is 0 Å². The van der Waals surface area contributed by atoms with Gasteiger partial charge in [0.25, 0.3) is 0 Å². The maximum atomic E-state index is 12.2. The second-order valence-corrected chi connectivity index (χ2v) is 2.38. The SMILES string of the molecule is CC1(C)OCC1F. The topological polar surface area (TPSA) is 9.23 Å². The van der Waals surface area contributed by atoms with Gasteiger partial charge < -0.3 is 4.74 Å². The molecule has 0 amide bonds. The zero-order valence-electron chi connectivity index (χ0n) is 4.57. The zero-order chi connectivity index (χ0) is 5.49. The summed E-state index contributed by atoms with van der Waals surface area (Å²) in [6.45, 7) is 3.79. The molecule has 0 spiro atoms. The molecule has 2 heteroatoms. The average Bonchev–Trinajstić information content (AvgIpc) is 1.63. The highest BCUT2D eigenvalue weighted by Gasteiger charge is 2.40. The summed E-state index contributed by atoms with van der Waals surface area (Å²) in [5, 5.41) is 0. The third-order valence-corrected chi connectivity index (χ3v) is 1.36. The highest BCUT2D eigenvalue weighted by Crippen LogP contribution is 2.27. The molecule has 1 unspecified atom stereocenters. The summed E-state index contributed by atoms with van der Waals surface area (Å²) in [6.07, 6.45) is -0.743. The molecule has 0 aromatic heterocycles. The Hall–Kier alpha value is -0.110. The van der Waals surface area contributed by atoms with Gasteiger partial charge in [0.05, 0.1) is 12.2 Å². The Balaban J connectivity index is 2.43. The Labute approximate surface area is 42.5 Å². The van der Waals surface area contributed by atoms with E-state index in [9.17, 15) is 4.39 Å². The van der Waals surface area contributed by atoms with Crippen molar-refractivity contribution >= 4 is 0 Å². The van der Waals surface area contributed by atoms with Crippen LogP contribution in [0, 0.1) is 0 Å². The smallest absolute Gasteiger partial charge is 0.152 e. The number of rotatable bonds is 0. The normalized spacial score (nSPS) is 37.3. The van der Waals surface area contributed by atoms with Crippen molar-refractivity contribution in [1.29, 1.82) is 0 Å².